The van der Waals surface area contributed by atoms with Crippen molar-refractivity contribution in [2.75, 3.05) is 31.1 Å². The molecule has 2 rings (SSSR count). The van der Waals surface area contributed by atoms with Crippen molar-refractivity contribution < 1.29 is 4.42 Å². The van der Waals surface area contributed by atoms with Gasteiger partial charge in [-0.2, -0.15) is 0 Å². The van der Waals surface area contributed by atoms with Gasteiger partial charge < -0.3 is 20.0 Å². The summed E-state index contributed by atoms with van der Waals surface area (Å²) in [5.74, 6) is 2.79. The van der Waals surface area contributed by atoms with Crippen LogP contribution in [0.3, 0.4) is 0 Å². The number of guanidine groups is 1. The highest BCUT2D eigenvalue weighted by Gasteiger charge is 2.03. The van der Waals surface area contributed by atoms with Crippen molar-refractivity contribution in [3.63, 3.8) is 0 Å². The van der Waals surface area contributed by atoms with E-state index in [0.29, 0.717) is 6.54 Å². The second kappa shape index (κ2) is 10.4. The Bertz CT molecular complexity index is 618. The van der Waals surface area contributed by atoms with E-state index >= 15 is 0 Å². The topological polar surface area (TPSA) is 65.7 Å². The lowest BCUT2D eigenvalue weighted by Gasteiger charge is -2.19. The van der Waals surface area contributed by atoms with E-state index in [0.717, 1.165) is 55.7 Å². The van der Waals surface area contributed by atoms with E-state index in [2.05, 4.69) is 58.4 Å². The van der Waals surface area contributed by atoms with Crippen LogP contribution in [0, 0.1) is 0 Å². The number of furan rings is 1. The molecule has 136 valence electrons. The van der Waals surface area contributed by atoms with E-state index in [4.69, 9.17) is 4.42 Å². The summed E-state index contributed by atoms with van der Waals surface area (Å²) < 4.78 is 5.34. The average Bonchev–Trinajstić information content (AvgIpc) is 3.15. The van der Waals surface area contributed by atoms with Crippen molar-refractivity contribution in [1.29, 1.82) is 0 Å². The molecule has 0 bridgehead atoms. The number of nitrogens with zero attached hydrogens (tertiary/aromatic N) is 3. The number of hydrogen-bond acceptors (Lipinski definition) is 4. The van der Waals surface area contributed by atoms with Crippen LogP contribution in [0.4, 0.5) is 5.82 Å². The molecule has 0 unspecified atom stereocenters. The molecular formula is C19H29N5O. The first kappa shape index (κ1) is 18.8. The zero-order chi connectivity index (χ0) is 17.9. The molecule has 0 fully saturated rings. The van der Waals surface area contributed by atoms with Gasteiger partial charge in [0, 0.05) is 38.8 Å². The first-order valence-corrected chi connectivity index (χ1v) is 9.01. The highest BCUT2D eigenvalue weighted by molar-refractivity contribution is 5.79. The van der Waals surface area contributed by atoms with Crippen molar-refractivity contribution in [1.82, 2.24) is 15.6 Å². The van der Waals surface area contributed by atoms with E-state index in [-0.39, 0.29) is 0 Å². The minimum Gasteiger partial charge on any atom is -0.469 e. The summed E-state index contributed by atoms with van der Waals surface area (Å²) in [6.07, 6.45) is 4.44. The third kappa shape index (κ3) is 6.14. The molecule has 6 nitrogen and oxygen atoms in total. The number of nitrogens with one attached hydrogen (secondary N) is 2. The second-order valence-electron chi connectivity index (χ2n) is 5.65. The first-order chi connectivity index (χ1) is 12.3. The Morgan fingerprint density at radius 2 is 2.00 bits per heavy atom. The van der Waals surface area contributed by atoms with Crippen LogP contribution in [0.5, 0.6) is 0 Å². The van der Waals surface area contributed by atoms with Crippen LogP contribution in [-0.2, 0) is 13.0 Å². The molecule has 0 radical (unpaired) electrons. The van der Waals surface area contributed by atoms with Gasteiger partial charge in [-0.15, -0.1) is 0 Å². The Morgan fingerprint density at radius 1 is 1.16 bits per heavy atom. The molecule has 0 saturated carbocycles. The number of aromatic nitrogens is 1. The predicted octanol–water partition coefficient (Wildman–Crippen LogP) is 2.82. The van der Waals surface area contributed by atoms with Crippen LogP contribution >= 0.6 is 0 Å². The normalized spacial score (nSPS) is 11.4. The maximum absolute atomic E-state index is 5.34. The van der Waals surface area contributed by atoms with Gasteiger partial charge in [-0.05, 0) is 44.5 Å². The van der Waals surface area contributed by atoms with Crippen molar-refractivity contribution in [3.8, 4) is 0 Å². The molecule has 0 aliphatic carbocycles. The monoisotopic (exact) mass is 343 g/mol. The van der Waals surface area contributed by atoms with Gasteiger partial charge in [0.25, 0.3) is 0 Å². The second-order valence-corrected chi connectivity index (χ2v) is 5.65. The Balaban J connectivity index is 1.88. The van der Waals surface area contributed by atoms with Crippen molar-refractivity contribution in [2.45, 2.75) is 33.7 Å². The van der Waals surface area contributed by atoms with E-state index in [9.17, 15) is 0 Å². The summed E-state index contributed by atoms with van der Waals surface area (Å²) in [7, 11) is 0. The molecule has 0 aromatic carbocycles. The van der Waals surface area contributed by atoms with E-state index in [1.54, 1.807) is 6.26 Å². The van der Waals surface area contributed by atoms with Gasteiger partial charge in [0.05, 0.1) is 12.8 Å². The van der Waals surface area contributed by atoms with Crippen LogP contribution in [0.25, 0.3) is 0 Å². The molecule has 0 aliphatic rings. The van der Waals surface area contributed by atoms with Crippen LogP contribution in [0.1, 0.15) is 32.1 Å². The molecule has 0 atom stereocenters. The maximum Gasteiger partial charge on any atom is 0.191 e. The molecule has 25 heavy (non-hydrogen) atoms. The lowest BCUT2D eigenvalue weighted by molar-refractivity contribution is 0.507. The molecule has 0 spiro atoms. The van der Waals surface area contributed by atoms with Crippen molar-refractivity contribution in [3.05, 3.63) is 48.0 Å². The molecule has 2 aromatic rings. The number of pyridine rings is 1. The molecule has 2 aromatic heterocycles. The number of rotatable bonds is 9. The van der Waals surface area contributed by atoms with E-state index in [1.165, 1.54) is 0 Å². The lowest BCUT2D eigenvalue weighted by Crippen LogP contribution is -2.38. The molecule has 6 heteroatoms. The van der Waals surface area contributed by atoms with Crippen LogP contribution in [0.2, 0.25) is 0 Å². The van der Waals surface area contributed by atoms with Gasteiger partial charge in [-0.25, -0.2) is 9.98 Å². The standard InChI is InChI=1S/C19H29N5O/c1-4-20-19(21-12-11-17-8-7-13-25-17)23-15-16-9-10-18(22-14-16)24(5-2)6-3/h7-10,13-14H,4-6,11-12,15H2,1-3H3,(H2,20,21,23). The van der Waals surface area contributed by atoms with Crippen LogP contribution in [-0.4, -0.2) is 37.1 Å². The van der Waals surface area contributed by atoms with Gasteiger partial charge in [0.1, 0.15) is 11.6 Å². The van der Waals surface area contributed by atoms with Crippen molar-refractivity contribution >= 4 is 11.8 Å². The Kier molecular flexibility index (Phi) is 7.82. The molecule has 0 amide bonds. The fourth-order valence-corrected chi connectivity index (χ4v) is 2.52. The predicted molar refractivity (Wildman–Crippen MR) is 103 cm³/mol. The van der Waals surface area contributed by atoms with E-state index < -0.39 is 0 Å². The van der Waals surface area contributed by atoms with Gasteiger partial charge in [0.15, 0.2) is 5.96 Å². The summed E-state index contributed by atoms with van der Waals surface area (Å²) in [4.78, 5) is 11.4. The van der Waals surface area contributed by atoms with Gasteiger partial charge in [-0.3, -0.25) is 0 Å². The SMILES string of the molecule is CCNC(=NCc1ccc(N(CC)CC)nc1)NCCc1ccco1. The molecule has 0 saturated heterocycles. The Morgan fingerprint density at radius 3 is 2.60 bits per heavy atom. The Labute approximate surface area is 150 Å². The van der Waals surface area contributed by atoms with Gasteiger partial charge >= 0.3 is 0 Å². The summed E-state index contributed by atoms with van der Waals surface area (Å²) >= 11 is 0. The summed E-state index contributed by atoms with van der Waals surface area (Å²) in [5.41, 5.74) is 1.10. The minimum absolute atomic E-state index is 0.599. The summed E-state index contributed by atoms with van der Waals surface area (Å²) in [6, 6.07) is 8.05. The van der Waals surface area contributed by atoms with Crippen LogP contribution in [0.15, 0.2) is 46.1 Å². The third-order valence-corrected chi connectivity index (χ3v) is 3.90. The van der Waals surface area contributed by atoms with Gasteiger partial charge in [-0.1, -0.05) is 6.07 Å². The third-order valence-electron chi connectivity index (χ3n) is 3.90. The first-order valence-electron chi connectivity index (χ1n) is 9.01. The average molecular weight is 343 g/mol. The highest BCUT2D eigenvalue weighted by atomic mass is 16.3. The lowest BCUT2D eigenvalue weighted by atomic mass is 10.3. The summed E-state index contributed by atoms with van der Waals surface area (Å²) in [5, 5.41) is 6.59. The maximum atomic E-state index is 5.34. The largest absolute Gasteiger partial charge is 0.469 e. The van der Waals surface area contributed by atoms with Gasteiger partial charge in [0.2, 0.25) is 0 Å². The zero-order valence-corrected chi connectivity index (χ0v) is 15.5. The molecule has 2 heterocycles. The van der Waals surface area contributed by atoms with Crippen LogP contribution < -0.4 is 15.5 Å². The fraction of sp³-hybridized carbons (Fsp3) is 0.474. The number of aliphatic imine (C=N–C) groups is 1. The molecule has 2 N–H and O–H groups in total. The number of hydrogen-bond donors (Lipinski definition) is 2. The number of anilines is 1. The molecule has 0 aliphatic heterocycles. The quantitative estimate of drug-likeness (QED) is 0.541. The van der Waals surface area contributed by atoms with Crippen molar-refractivity contribution in [2.24, 2.45) is 4.99 Å². The molecular weight excluding hydrogens is 314 g/mol. The Hall–Kier alpha value is -2.50. The fourth-order valence-electron chi connectivity index (χ4n) is 2.52. The van der Waals surface area contributed by atoms with E-state index in [1.807, 2.05) is 18.3 Å². The smallest absolute Gasteiger partial charge is 0.191 e. The minimum atomic E-state index is 0.599. The zero-order valence-electron chi connectivity index (χ0n) is 15.5. The highest BCUT2D eigenvalue weighted by Crippen LogP contribution is 2.11. The summed E-state index contributed by atoms with van der Waals surface area (Å²) in [6.45, 7) is 10.5.